The number of amides is 1. The Morgan fingerprint density at radius 2 is 1.79 bits per heavy atom. The smallest absolute Gasteiger partial charge is 0.342 e. The van der Waals surface area contributed by atoms with E-state index in [4.69, 9.17) is 9.47 Å². The fourth-order valence-corrected chi connectivity index (χ4v) is 5.39. The number of esters is 1. The second-order valence-electron chi connectivity index (χ2n) is 7.88. The van der Waals surface area contributed by atoms with Gasteiger partial charge in [-0.05, 0) is 45.0 Å². The van der Waals surface area contributed by atoms with Crippen LogP contribution in [0, 0.1) is 19.7 Å². The Hall–Kier alpha value is -2.96. The van der Waals surface area contributed by atoms with Crippen LogP contribution in [0.15, 0.2) is 29.2 Å². The number of sulfonamides is 1. The number of nitrogens with zero attached hydrogens (tertiary/aromatic N) is 4. The van der Waals surface area contributed by atoms with Gasteiger partial charge in [-0.25, -0.2) is 27.6 Å². The maximum atomic E-state index is 13.4. The summed E-state index contributed by atoms with van der Waals surface area (Å²) in [5.41, 5.74) is 0.194. The van der Waals surface area contributed by atoms with Crippen LogP contribution in [0.5, 0.6) is 0 Å². The van der Waals surface area contributed by atoms with E-state index in [1.807, 2.05) is 0 Å². The highest BCUT2D eigenvalue weighted by molar-refractivity contribution is 7.89. The van der Waals surface area contributed by atoms with E-state index in [2.05, 4.69) is 9.97 Å². The molecule has 0 spiro atoms. The van der Waals surface area contributed by atoms with Gasteiger partial charge in [-0.3, -0.25) is 4.79 Å². The molecule has 1 aromatic heterocycles. The van der Waals surface area contributed by atoms with Gasteiger partial charge in [0, 0.05) is 32.8 Å². The van der Waals surface area contributed by atoms with Crippen molar-refractivity contribution in [2.75, 3.05) is 40.0 Å². The van der Waals surface area contributed by atoms with Crippen LogP contribution in [-0.2, 0) is 19.5 Å². The zero-order chi connectivity index (χ0) is 25.0. The zero-order valence-corrected chi connectivity index (χ0v) is 20.3. The van der Waals surface area contributed by atoms with E-state index in [0.717, 1.165) is 12.1 Å². The molecule has 0 aliphatic carbocycles. The molecule has 2 aromatic rings. The molecule has 10 nitrogen and oxygen atoms in total. The van der Waals surface area contributed by atoms with Crippen LogP contribution in [0.3, 0.4) is 0 Å². The molecule has 12 heteroatoms. The highest BCUT2D eigenvalue weighted by Crippen LogP contribution is 2.23. The number of benzene rings is 1. The lowest BCUT2D eigenvalue weighted by Crippen LogP contribution is -2.55. The van der Waals surface area contributed by atoms with Gasteiger partial charge in [-0.15, -0.1) is 0 Å². The molecule has 1 amide bonds. The Morgan fingerprint density at radius 3 is 2.41 bits per heavy atom. The summed E-state index contributed by atoms with van der Waals surface area (Å²) in [6.45, 7) is 5.29. The third-order valence-corrected chi connectivity index (χ3v) is 7.43. The molecular weight excluding hydrogens is 467 g/mol. The minimum Gasteiger partial charge on any atom is -0.460 e. The van der Waals surface area contributed by atoms with Gasteiger partial charge in [0.05, 0.1) is 17.2 Å². The molecule has 1 saturated heterocycles. The number of aryl methyl sites for hydroxylation is 2. The molecule has 1 fully saturated rings. The van der Waals surface area contributed by atoms with Crippen molar-refractivity contribution in [1.29, 1.82) is 0 Å². The van der Waals surface area contributed by atoms with Crippen molar-refractivity contribution < 1.29 is 31.9 Å². The molecular formula is C22H27FN4O6S. The lowest BCUT2D eigenvalue weighted by Gasteiger charge is -2.38. The summed E-state index contributed by atoms with van der Waals surface area (Å²) in [6, 6.07) is 4.04. The predicted octanol–water partition coefficient (Wildman–Crippen LogP) is 1.57. The second-order valence-corrected chi connectivity index (χ2v) is 9.77. The molecule has 0 radical (unpaired) electrons. The van der Waals surface area contributed by atoms with Crippen LogP contribution in [0.1, 0.15) is 39.3 Å². The summed E-state index contributed by atoms with van der Waals surface area (Å²) < 4.78 is 50.6. The fourth-order valence-electron chi connectivity index (χ4n) is 3.78. The van der Waals surface area contributed by atoms with Crippen LogP contribution >= 0.6 is 0 Å². The van der Waals surface area contributed by atoms with Crippen LogP contribution < -0.4 is 0 Å². The lowest BCUT2D eigenvalue weighted by atomic mass is 10.1. The van der Waals surface area contributed by atoms with Gasteiger partial charge < -0.3 is 14.4 Å². The molecule has 0 N–H and O–H groups in total. The fraction of sp³-hybridized carbons (Fsp3) is 0.455. The first-order valence-electron chi connectivity index (χ1n) is 10.6. The Morgan fingerprint density at radius 1 is 1.12 bits per heavy atom. The topological polar surface area (TPSA) is 119 Å². The SMILES string of the molecule is COCCOC(=O)c1c(C)nc(C)nc1C(=O)N1CCN(S(=O)(=O)c2ccc(F)cc2)C(C)C1. The number of rotatable bonds is 7. The molecule has 1 aliphatic heterocycles. The van der Waals surface area contributed by atoms with Crippen molar-refractivity contribution >= 4 is 21.9 Å². The van der Waals surface area contributed by atoms with Gasteiger partial charge in [0.15, 0.2) is 0 Å². The first-order chi connectivity index (χ1) is 16.1. The Balaban J connectivity index is 1.82. The number of carbonyl (C=O) groups excluding carboxylic acids is 2. The molecule has 1 aliphatic rings. The lowest BCUT2D eigenvalue weighted by molar-refractivity contribution is 0.0379. The third kappa shape index (κ3) is 5.40. The number of hydrogen-bond donors (Lipinski definition) is 0. The van der Waals surface area contributed by atoms with Crippen molar-refractivity contribution in [2.45, 2.75) is 31.7 Å². The van der Waals surface area contributed by atoms with Crippen LogP contribution in [0.25, 0.3) is 0 Å². The summed E-state index contributed by atoms with van der Waals surface area (Å²) in [6.07, 6.45) is 0. The largest absolute Gasteiger partial charge is 0.460 e. The molecule has 0 bridgehead atoms. The van der Waals surface area contributed by atoms with E-state index in [1.165, 1.54) is 28.4 Å². The van der Waals surface area contributed by atoms with Gasteiger partial charge in [0.1, 0.15) is 29.5 Å². The summed E-state index contributed by atoms with van der Waals surface area (Å²) >= 11 is 0. The quantitative estimate of drug-likeness (QED) is 0.420. The minimum atomic E-state index is -3.87. The number of ether oxygens (including phenoxy) is 2. The van der Waals surface area contributed by atoms with E-state index < -0.39 is 33.8 Å². The van der Waals surface area contributed by atoms with Gasteiger partial charge in [-0.2, -0.15) is 4.31 Å². The molecule has 0 saturated carbocycles. The first-order valence-corrected chi connectivity index (χ1v) is 12.1. The zero-order valence-electron chi connectivity index (χ0n) is 19.4. The average molecular weight is 495 g/mol. The van der Waals surface area contributed by atoms with E-state index in [0.29, 0.717) is 11.5 Å². The Kier molecular flexibility index (Phi) is 7.95. The number of aromatic nitrogens is 2. The number of carbonyl (C=O) groups is 2. The van der Waals surface area contributed by atoms with E-state index in [-0.39, 0.29) is 49.0 Å². The molecule has 3 rings (SSSR count). The highest BCUT2D eigenvalue weighted by atomic mass is 32.2. The first kappa shape index (κ1) is 25.7. The maximum absolute atomic E-state index is 13.4. The summed E-state index contributed by atoms with van der Waals surface area (Å²) in [7, 11) is -2.40. The Labute approximate surface area is 197 Å². The van der Waals surface area contributed by atoms with Gasteiger partial charge in [-0.1, -0.05) is 0 Å². The van der Waals surface area contributed by atoms with Crippen molar-refractivity contribution in [3.8, 4) is 0 Å². The standard InChI is InChI=1S/C22H27FN4O6S/c1-14-13-26(9-10-27(14)34(30,31)18-7-5-17(23)6-8-18)21(28)20-19(15(2)24-16(3)25-20)22(29)33-12-11-32-4/h5-8,14H,9-13H2,1-4H3. The molecule has 34 heavy (non-hydrogen) atoms. The number of hydrogen-bond acceptors (Lipinski definition) is 8. The Bertz CT molecular complexity index is 1170. The summed E-state index contributed by atoms with van der Waals surface area (Å²) in [5.74, 6) is -1.46. The maximum Gasteiger partial charge on any atom is 0.342 e. The van der Waals surface area contributed by atoms with Gasteiger partial charge >= 0.3 is 5.97 Å². The van der Waals surface area contributed by atoms with Crippen molar-refractivity contribution in [1.82, 2.24) is 19.2 Å². The number of halogens is 1. The molecule has 1 atom stereocenters. The third-order valence-electron chi connectivity index (χ3n) is 5.40. The van der Waals surface area contributed by atoms with E-state index in [1.54, 1.807) is 20.8 Å². The number of methoxy groups -OCH3 is 1. The van der Waals surface area contributed by atoms with Crippen LogP contribution in [0.2, 0.25) is 0 Å². The number of piperazine rings is 1. The molecule has 2 heterocycles. The summed E-state index contributed by atoms with van der Waals surface area (Å²) in [5, 5.41) is 0. The van der Waals surface area contributed by atoms with Crippen LogP contribution in [0.4, 0.5) is 4.39 Å². The average Bonchev–Trinajstić information content (AvgIpc) is 2.78. The van der Waals surface area contributed by atoms with Gasteiger partial charge in [0.25, 0.3) is 5.91 Å². The normalized spacial score (nSPS) is 17.0. The van der Waals surface area contributed by atoms with Gasteiger partial charge in [0.2, 0.25) is 10.0 Å². The summed E-state index contributed by atoms with van der Waals surface area (Å²) in [4.78, 5) is 35.8. The molecule has 1 aromatic carbocycles. The highest BCUT2D eigenvalue weighted by Gasteiger charge is 2.37. The monoisotopic (exact) mass is 494 g/mol. The predicted molar refractivity (Wildman–Crippen MR) is 119 cm³/mol. The molecule has 184 valence electrons. The second kappa shape index (κ2) is 10.5. The minimum absolute atomic E-state index is 0.00718. The molecule has 1 unspecified atom stereocenters. The van der Waals surface area contributed by atoms with Crippen molar-refractivity contribution in [3.63, 3.8) is 0 Å². The van der Waals surface area contributed by atoms with Crippen LogP contribution in [-0.4, -0.2) is 85.5 Å². The van der Waals surface area contributed by atoms with E-state index in [9.17, 15) is 22.4 Å². The van der Waals surface area contributed by atoms with E-state index >= 15 is 0 Å². The van der Waals surface area contributed by atoms with Crippen molar-refractivity contribution in [2.24, 2.45) is 0 Å². The van der Waals surface area contributed by atoms with Crippen molar-refractivity contribution in [3.05, 3.63) is 52.9 Å².